The van der Waals surface area contributed by atoms with E-state index in [2.05, 4.69) is 15.0 Å². The SMILES string of the molecule is Nc1nc2c(ncn2C[C@H](O)[C@H](N)C(=O)OCc2ccccc2)c(=O)[nH]1. The van der Waals surface area contributed by atoms with Gasteiger partial charge in [0.1, 0.15) is 12.6 Å². The van der Waals surface area contributed by atoms with Crippen molar-refractivity contribution in [1.82, 2.24) is 19.5 Å². The van der Waals surface area contributed by atoms with Crippen LogP contribution in [0.1, 0.15) is 5.56 Å². The molecule has 0 amide bonds. The second kappa shape index (κ2) is 7.33. The number of fused-ring (bicyclic) bond motifs is 1. The first-order chi connectivity index (χ1) is 12.5. The van der Waals surface area contributed by atoms with Gasteiger partial charge in [-0.3, -0.25) is 14.6 Å². The maximum absolute atomic E-state index is 12.0. The number of nitrogens with one attached hydrogen (secondary N) is 1. The van der Waals surface area contributed by atoms with Gasteiger partial charge in [0.15, 0.2) is 11.2 Å². The molecule has 0 saturated heterocycles. The number of rotatable bonds is 6. The van der Waals surface area contributed by atoms with E-state index in [0.717, 1.165) is 5.56 Å². The minimum Gasteiger partial charge on any atom is -0.460 e. The van der Waals surface area contributed by atoms with Crippen molar-refractivity contribution in [1.29, 1.82) is 0 Å². The highest BCUT2D eigenvalue weighted by atomic mass is 16.5. The number of hydrogen-bond donors (Lipinski definition) is 4. The Labute approximate surface area is 147 Å². The first-order valence-electron chi connectivity index (χ1n) is 7.80. The van der Waals surface area contributed by atoms with Crippen LogP contribution in [0.5, 0.6) is 0 Å². The number of nitrogens with two attached hydrogens (primary N) is 2. The molecule has 6 N–H and O–H groups in total. The zero-order valence-corrected chi connectivity index (χ0v) is 13.7. The quantitative estimate of drug-likeness (QED) is 0.413. The molecule has 2 aromatic heterocycles. The molecule has 0 radical (unpaired) electrons. The highest BCUT2D eigenvalue weighted by Gasteiger charge is 2.25. The summed E-state index contributed by atoms with van der Waals surface area (Å²) in [6, 6.07) is 7.84. The van der Waals surface area contributed by atoms with Gasteiger partial charge in [-0.2, -0.15) is 4.98 Å². The number of hydrogen-bond acceptors (Lipinski definition) is 8. The molecule has 10 nitrogen and oxygen atoms in total. The van der Waals surface area contributed by atoms with Crippen molar-refractivity contribution in [2.24, 2.45) is 5.73 Å². The number of aliphatic hydroxyl groups is 1. The molecule has 2 atom stereocenters. The number of anilines is 1. The van der Waals surface area contributed by atoms with Crippen molar-refractivity contribution < 1.29 is 14.6 Å². The average molecular weight is 358 g/mol. The molecular weight excluding hydrogens is 340 g/mol. The Kier molecular flexibility index (Phi) is 4.96. The molecular formula is C16H18N6O4. The van der Waals surface area contributed by atoms with Crippen molar-refractivity contribution in [2.45, 2.75) is 25.3 Å². The van der Waals surface area contributed by atoms with Crippen molar-refractivity contribution in [2.75, 3.05) is 5.73 Å². The normalized spacial score (nSPS) is 13.5. The topological polar surface area (TPSA) is 162 Å². The van der Waals surface area contributed by atoms with E-state index >= 15 is 0 Å². The fraction of sp³-hybridized carbons (Fsp3) is 0.250. The van der Waals surface area contributed by atoms with Gasteiger partial charge in [-0.15, -0.1) is 0 Å². The van der Waals surface area contributed by atoms with Crippen LogP contribution in [0, 0.1) is 0 Å². The van der Waals surface area contributed by atoms with Gasteiger partial charge in [0.2, 0.25) is 5.95 Å². The van der Waals surface area contributed by atoms with Crippen LogP contribution in [0.15, 0.2) is 41.5 Å². The Morgan fingerprint density at radius 2 is 2.08 bits per heavy atom. The van der Waals surface area contributed by atoms with E-state index in [-0.39, 0.29) is 30.3 Å². The summed E-state index contributed by atoms with van der Waals surface area (Å²) in [6.07, 6.45) is 0.0513. The van der Waals surface area contributed by atoms with E-state index < -0.39 is 23.7 Å². The Bertz CT molecular complexity index is 968. The van der Waals surface area contributed by atoms with Crippen LogP contribution in [0.25, 0.3) is 11.2 Å². The number of nitrogen functional groups attached to an aromatic ring is 1. The Balaban J connectivity index is 1.66. The maximum Gasteiger partial charge on any atom is 0.326 e. The lowest BCUT2D eigenvalue weighted by molar-refractivity contribution is -0.149. The van der Waals surface area contributed by atoms with Crippen LogP contribution < -0.4 is 17.0 Å². The number of nitrogens with zero attached hydrogens (tertiary/aromatic N) is 3. The van der Waals surface area contributed by atoms with E-state index in [1.54, 1.807) is 12.1 Å². The standard InChI is InChI=1S/C16H18N6O4/c17-11(15(25)26-7-9-4-2-1-3-5-9)10(23)6-22-8-19-12-13(22)20-16(18)21-14(12)24/h1-5,8,10-11,23H,6-7,17H2,(H3,18,20,21,24)/t10-,11-/m0/s1. The number of aromatic amines is 1. The van der Waals surface area contributed by atoms with Gasteiger partial charge >= 0.3 is 5.97 Å². The Hall–Kier alpha value is -3.24. The number of aromatic nitrogens is 4. The van der Waals surface area contributed by atoms with Crippen LogP contribution >= 0.6 is 0 Å². The molecule has 26 heavy (non-hydrogen) atoms. The van der Waals surface area contributed by atoms with Gasteiger partial charge in [-0.05, 0) is 5.56 Å². The van der Waals surface area contributed by atoms with Crippen LogP contribution in [0.2, 0.25) is 0 Å². The third-order valence-electron chi connectivity index (χ3n) is 3.79. The molecule has 0 bridgehead atoms. The zero-order valence-electron chi connectivity index (χ0n) is 13.7. The number of carbonyl (C=O) groups is 1. The molecule has 0 aliphatic rings. The summed E-state index contributed by atoms with van der Waals surface area (Å²) in [7, 11) is 0. The highest BCUT2D eigenvalue weighted by molar-refractivity contribution is 5.76. The number of aliphatic hydroxyl groups excluding tert-OH is 1. The summed E-state index contributed by atoms with van der Waals surface area (Å²) in [5.41, 5.74) is 11.9. The van der Waals surface area contributed by atoms with Crippen LogP contribution in [0.3, 0.4) is 0 Å². The van der Waals surface area contributed by atoms with Crippen LogP contribution in [0.4, 0.5) is 5.95 Å². The number of ether oxygens (including phenoxy) is 1. The minimum atomic E-state index is -1.27. The number of imidazole rings is 1. The highest BCUT2D eigenvalue weighted by Crippen LogP contribution is 2.09. The lowest BCUT2D eigenvalue weighted by atomic mass is 10.1. The molecule has 136 valence electrons. The van der Waals surface area contributed by atoms with Crippen molar-refractivity contribution in [3.05, 3.63) is 52.6 Å². The van der Waals surface area contributed by atoms with Gasteiger partial charge < -0.3 is 25.9 Å². The molecule has 1 aromatic carbocycles. The fourth-order valence-corrected chi connectivity index (χ4v) is 2.40. The first kappa shape index (κ1) is 17.6. The maximum atomic E-state index is 12.0. The summed E-state index contributed by atoms with van der Waals surface area (Å²) in [5.74, 6) is -0.818. The third kappa shape index (κ3) is 3.71. The van der Waals surface area contributed by atoms with Crippen molar-refractivity contribution >= 4 is 23.1 Å². The first-order valence-corrected chi connectivity index (χ1v) is 7.80. The van der Waals surface area contributed by atoms with Gasteiger partial charge in [0, 0.05) is 0 Å². The van der Waals surface area contributed by atoms with E-state index in [9.17, 15) is 14.7 Å². The number of carbonyl (C=O) groups excluding carboxylic acids is 1. The fourth-order valence-electron chi connectivity index (χ4n) is 2.40. The van der Waals surface area contributed by atoms with Crippen LogP contribution in [-0.2, 0) is 22.7 Å². The average Bonchev–Trinajstić information content (AvgIpc) is 3.02. The number of esters is 1. The molecule has 0 aliphatic carbocycles. The summed E-state index contributed by atoms with van der Waals surface area (Å²) >= 11 is 0. The zero-order chi connectivity index (χ0) is 18.7. The summed E-state index contributed by atoms with van der Waals surface area (Å²) in [5, 5.41) is 10.2. The molecule has 2 heterocycles. The van der Waals surface area contributed by atoms with E-state index in [0.29, 0.717) is 0 Å². The third-order valence-corrected chi connectivity index (χ3v) is 3.79. The lowest BCUT2D eigenvalue weighted by Gasteiger charge is -2.18. The van der Waals surface area contributed by atoms with Crippen molar-refractivity contribution in [3.8, 4) is 0 Å². The minimum absolute atomic E-state index is 0.0571. The molecule has 0 saturated carbocycles. The summed E-state index contributed by atoms with van der Waals surface area (Å²) in [6.45, 7) is -0.0461. The summed E-state index contributed by atoms with van der Waals surface area (Å²) < 4.78 is 6.52. The van der Waals surface area contributed by atoms with Gasteiger partial charge in [-0.1, -0.05) is 30.3 Å². The molecule has 10 heteroatoms. The van der Waals surface area contributed by atoms with E-state index in [1.165, 1.54) is 10.9 Å². The predicted octanol–water partition coefficient (Wildman–Crippen LogP) is -0.867. The van der Waals surface area contributed by atoms with Gasteiger partial charge in [0.05, 0.1) is 19.0 Å². The largest absolute Gasteiger partial charge is 0.460 e. The smallest absolute Gasteiger partial charge is 0.326 e. The molecule has 0 unspecified atom stereocenters. The molecule has 3 aromatic rings. The van der Waals surface area contributed by atoms with E-state index in [1.807, 2.05) is 18.2 Å². The Morgan fingerprint density at radius 3 is 2.81 bits per heavy atom. The van der Waals surface area contributed by atoms with Gasteiger partial charge in [0.25, 0.3) is 5.56 Å². The second-order valence-electron chi connectivity index (χ2n) is 5.71. The predicted molar refractivity (Wildman–Crippen MR) is 92.8 cm³/mol. The van der Waals surface area contributed by atoms with Crippen LogP contribution in [-0.4, -0.2) is 42.7 Å². The lowest BCUT2D eigenvalue weighted by Crippen LogP contribution is -2.45. The van der Waals surface area contributed by atoms with Gasteiger partial charge in [-0.25, -0.2) is 4.98 Å². The van der Waals surface area contributed by atoms with E-state index in [4.69, 9.17) is 16.2 Å². The molecule has 0 aliphatic heterocycles. The second-order valence-corrected chi connectivity index (χ2v) is 5.71. The number of H-pyrrole nitrogens is 1. The molecule has 0 spiro atoms. The monoisotopic (exact) mass is 358 g/mol. The Morgan fingerprint density at radius 1 is 1.35 bits per heavy atom. The van der Waals surface area contributed by atoms with Crippen molar-refractivity contribution in [3.63, 3.8) is 0 Å². The molecule has 3 rings (SSSR count). The molecule has 0 fully saturated rings. The summed E-state index contributed by atoms with van der Waals surface area (Å²) in [4.78, 5) is 34.0. The number of benzene rings is 1.